The van der Waals surface area contributed by atoms with Gasteiger partial charge in [-0.1, -0.05) is 30.3 Å². The van der Waals surface area contributed by atoms with Crippen molar-refractivity contribution >= 4 is 11.6 Å². The summed E-state index contributed by atoms with van der Waals surface area (Å²) in [6.45, 7) is 0. The Morgan fingerprint density at radius 3 is 2.31 bits per heavy atom. The zero-order chi connectivity index (χ0) is 19.1. The molecule has 0 saturated carbocycles. The zero-order valence-electron chi connectivity index (χ0n) is 14.7. The number of aliphatic hydroxyl groups excluding tert-OH is 2. The smallest absolute Gasteiger partial charge is 0.256 e. The highest BCUT2D eigenvalue weighted by Gasteiger charge is 2.22. The van der Waals surface area contributed by atoms with Crippen molar-refractivity contribution in [2.24, 2.45) is 0 Å². The lowest BCUT2D eigenvalue weighted by Gasteiger charge is -2.15. The van der Waals surface area contributed by atoms with E-state index in [0.717, 1.165) is 0 Å². The molecule has 0 aromatic heterocycles. The van der Waals surface area contributed by atoms with Crippen LogP contribution in [0.3, 0.4) is 0 Å². The molecule has 1 unspecified atom stereocenters. The molecule has 6 heteroatoms. The maximum atomic E-state index is 12.2. The number of amides is 1. The average molecular weight is 354 g/mol. The fraction of sp³-hybridized carbons (Fsp3) is 0.200. The van der Waals surface area contributed by atoms with E-state index in [9.17, 15) is 15.0 Å². The van der Waals surface area contributed by atoms with E-state index in [4.69, 9.17) is 10.1 Å². The van der Waals surface area contributed by atoms with Gasteiger partial charge in [-0.3, -0.25) is 10.2 Å². The van der Waals surface area contributed by atoms with Gasteiger partial charge in [-0.15, -0.1) is 0 Å². The second-order valence-electron chi connectivity index (χ2n) is 5.63. The highest BCUT2D eigenvalue weighted by molar-refractivity contribution is 6.27. The SMILES string of the molecule is CNC(=O)C(C(=N)c1ccc(OC)cc1)=C(O)CC(O)c1ccccc1. The summed E-state index contributed by atoms with van der Waals surface area (Å²) < 4.78 is 5.08. The number of hydrogen-bond donors (Lipinski definition) is 4. The highest BCUT2D eigenvalue weighted by atomic mass is 16.5. The summed E-state index contributed by atoms with van der Waals surface area (Å²) in [5.41, 5.74) is 0.758. The molecule has 0 bridgehead atoms. The standard InChI is InChI=1S/C20H22N2O4/c1-22-20(25)18(19(21)14-8-10-15(26-2)11-9-14)17(24)12-16(23)13-6-4-3-5-7-13/h3-11,16,21,23-24H,12H2,1-2H3,(H,22,25). The molecule has 0 aliphatic heterocycles. The van der Waals surface area contributed by atoms with Crippen molar-refractivity contribution in [3.05, 3.63) is 77.1 Å². The third-order valence-electron chi connectivity index (χ3n) is 3.94. The number of likely N-dealkylation sites (N-methyl/N-ethyl adjacent to an activating group) is 1. The minimum atomic E-state index is -0.987. The van der Waals surface area contributed by atoms with Crippen LogP contribution in [0.4, 0.5) is 0 Å². The van der Waals surface area contributed by atoms with Crippen molar-refractivity contribution in [3.8, 4) is 5.75 Å². The largest absolute Gasteiger partial charge is 0.511 e. The van der Waals surface area contributed by atoms with Crippen LogP contribution in [0, 0.1) is 5.41 Å². The number of hydrogen-bond acceptors (Lipinski definition) is 5. The van der Waals surface area contributed by atoms with Crippen molar-refractivity contribution in [3.63, 3.8) is 0 Å². The first-order valence-electron chi connectivity index (χ1n) is 8.08. The van der Waals surface area contributed by atoms with E-state index >= 15 is 0 Å². The number of rotatable bonds is 7. The molecule has 0 aliphatic carbocycles. The monoisotopic (exact) mass is 354 g/mol. The Bertz CT molecular complexity index is 798. The number of nitrogens with one attached hydrogen (secondary N) is 2. The third-order valence-corrected chi connectivity index (χ3v) is 3.94. The van der Waals surface area contributed by atoms with E-state index in [1.165, 1.54) is 14.2 Å². The number of ether oxygens (including phenoxy) is 1. The summed E-state index contributed by atoms with van der Waals surface area (Å²) in [5, 5.41) is 31.5. The number of methoxy groups -OCH3 is 1. The molecule has 136 valence electrons. The van der Waals surface area contributed by atoms with Crippen molar-refractivity contribution in [1.82, 2.24) is 5.32 Å². The van der Waals surface area contributed by atoms with Gasteiger partial charge < -0.3 is 20.3 Å². The Kier molecular flexibility index (Phi) is 6.52. The summed E-state index contributed by atoms with van der Waals surface area (Å²) in [6.07, 6.45) is -1.16. The van der Waals surface area contributed by atoms with Gasteiger partial charge in [-0.05, 0) is 29.8 Å². The summed E-state index contributed by atoms with van der Waals surface area (Å²) >= 11 is 0. The summed E-state index contributed by atoms with van der Waals surface area (Å²) in [7, 11) is 2.96. The van der Waals surface area contributed by atoms with Gasteiger partial charge in [0.25, 0.3) is 5.91 Å². The van der Waals surface area contributed by atoms with Crippen molar-refractivity contribution in [2.45, 2.75) is 12.5 Å². The van der Waals surface area contributed by atoms with Gasteiger partial charge in [-0.2, -0.15) is 0 Å². The molecule has 0 fully saturated rings. The molecule has 0 aliphatic rings. The molecule has 0 radical (unpaired) electrons. The Hall–Kier alpha value is -3.12. The van der Waals surface area contributed by atoms with Crippen LogP contribution < -0.4 is 10.1 Å². The quantitative estimate of drug-likeness (QED) is 0.349. The van der Waals surface area contributed by atoms with Crippen molar-refractivity contribution < 1.29 is 19.7 Å². The van der Waals surface area contributed by atoms with Gasteiger partial charge in [-0.25, -0.2) is 0 Å². The molecule has 2 aromatic rings. The lowest BCUT2D eigenvalue weighted by molar-refractivity contribution is -0.116. The minimum absolute atomic E-state index is 0.134. The van der Waals surface area contributed by atoms with Gasteiger partial charge in [0.2, 0.25) is 0 Å². The topological polar surface area (TPSA) is 103 Å². The lowest BCUT2D eigenvalue weighted by Crippen LogP contribution is -2.27. The molecular formula is C20H22N2O4. The van der Waals surface area contributed by atoms with E-state index in [2.05, 4.69) is 5.32 Å². The number of carbonyl (C=O) groups excluding carboxylic acids is 1. The Labute approximate surface area is 152 Å². The Morgan fingerprint density at radius 2 is 1.77 bits per heavy atom. The van der Waals surface area contributed by atoms with Crippen LogP contribution in [0.2, 0.25) is 0 Å². The van der Waals surface area contributed by atoms with E-state index in [1.54, 1.807) is 48.5 Å². The van der Waals surface area contributed by atoms with Crippen LogP contribution in [0.15, 0.2) is 65.9 Å². The van der Waals surface area contributed by atoms with Gasteiger partial charge in [0.15, 0.2) is 0 Å². The van der Waals surface area contributed by atoms with E-state index in [-0.39, 0.29) is 23.5 Å². The Morgan fingerprint density at radius 1 is 1.15 bits per heavy atom. The lowest BCUT2D eigenvalue weighted by atomic mass is 9.97. The van der Waals surface area contributed by atoms with Crippen molar-refractivity contribution in [2.75, 3.05) is 14.2 Å². The minimum Gasteiger partial charge on any atom is -0.511 e. The van der Waals surface area contributed by atoms with Gasteiger partial charge in [0.1, 0.15) is 17.1 Å². The van der Waals surface area contributed by atoms with E-state index in [0.29, 0.717) is 16.9 Å². The molecule has 6 nitrogen and oxygen atoms in total. The normalized spacial score (nSPS) is 12.7. The fourth-order valence-corrected chi connectivity index (χ4v) is 2.49. The van der Waals surface area contributed by atoms with Crippen molar-refractivity contribution in [1.29, 1.82) is 5.41 Å². The summed E-state index contributed by atoms with van der Waals surface area (Å²) in [4.78, 5) is 12.2. The van der Waals surface area contributed by atoms with Crippen LogP contribution in [-0.4, -0.2) is 36.0 Å². The summed E-state index contributed by atoms with van der Waals surface area (Å²) in [6, 6.07) is 15.4. The van der Waals surface area contributed by atoms with Crippen LogP contribution in [0.25, 0.3) is 0 Å². The molecule has 2 rings (SSSR count). The maximum absolute atomic E-state index is 12.2. The van der Waals surface area contributed by atoms with Crippen LogP contribution >= 0.6 is 0 Å². The van der Waals surface area contributed by atoms with Gasteiger partial charge in [0, 0.05) is 19.0 Å². The van der Waals surface area contributed by atoms with Crippen LogP contribution in [0.1, 0.15) is 23.7 Å². The Balaban J connectivity index is 2.33. The average Bonchev–Trinajstić information content (AvgIpc) is 2.68. The first-order valence-corrected chi connectivity index (χ1v) is 8.08. The predicted molar refractivity (Wildman–Crippen MR) is 99.6 cm³/mol. The second-order valence-corrected chi connectivity index (χ2v) is 5.63. The number of benzene rings is 2. The molecule has 0 saturated heterocycles. The number of carbonyl (C=O) groups is 1. The highest BCUT2D eigenvalue weighted by Crippen LogP contribution is 2.23. The molecule has 0 heterocycles. The molecule has 26 heavy (non-hydrogen) atoms. The fourth-order valence-electron chi connectivity index (χ4n) is 2.49. The maximum Gasteiger partial charge on any atom is 0.256 e. The first-order chi connectivity index (χ1) is 12.5. The van der Waals surface area contributed by atoms with Crippen LogP contribution in [-0.2, 0) is 4.79 Å². The number of aliphatic hydroxyl groups is 2. The third kappa shape index (κ3) is 4.49. The molecule has 0 spiro atoms. The van der Waals surface area contributed by atoms with Crippen LogP contribution in [0.5, 0.6) is 5.75 Å². The zero-order valence-corrected chi connectivity index (χ0v) is 14.7. The van der Waals surface area contributed by atoms with Gasteiger partial charge in [0.05, 0.1) is 18.9 Å². The molecule has 4 N–H and O–H groups in total. The molecule has 1 atom stereocenters. The molecule has 1 amide bonds. The summed E-state index contributed by atoms with van der Waals surface area (Å²) in [5.74, 6) is -0.319. The molecular weight excluding hydrogens is 332 g/mol. The van der Waals surface area contributed by atoms with Gasteiger partial charge >= 0.3 is 0 Å². The van der Waals surface area contributed by atoms with E-state index < -0.39 is 12.0 Å². The second kappa shape index (κ2) is 8.82. The first kappa shape index (κ1) is 19.2. The molecule has 2 aromatic carbocycles. The predicted octanol–water partition coefficient (Wildman–Crippen LogP) is 2.74. The van der Waals surface area contributed by atoms with E-state index in [1.807, 2.05) is 6.07 Å².